The maximum absolute atomic E-state index is 11.0. The van der Waals surface area contributed by atoms with Crippen LogP contribution in [0.1, 0.15) is 29.8 Å². The number of nitrogens with zero attached hydrogens (tertiary/aromatic N) is 1. The van der Waals surface area contributed by atoms with E-state index in [4.69, 9.17) is 10.5 Å². The van der Waals surface area contributed by atoms with Crippen molar-refractivity contribution in [2.75, 3.05) is 32.8 Å². The molecular formula is C16H25N3O2. The Labute approximate surface area is 126 Å². The standard InChI is InChI=1S/C16H25N3O2/c1-16(2,19-7-9-21-10-8-19)12-18-11-13-3-5-14(6-4-13)15(17)20/h3-6,18H,7-12H2,1-2H3,(H2,17,20). The van der Waals surface area contributed by atoms with Crippen molar-refractivity contribution in [3.8, 4) is 0 Å². The van der Waals surface area contributed by atoms with Gasteiger partial charge in [-0.1, -0.05) is 12.1 Å². The molecular weight excluding hydrogens is 266 g/mol. The molecule has 3 N–H and O–H groups in total. The van der Waals surface area contributed by atoms with Crippen molar-refractivity contribution >= 4 is 5.91 Å². The predicted molar refractivity (Wildman–Crippen MR) is 83.1 cm³/mol. The van der Waals surface area contributed by atoms with Gasteiger partial charge in [-0.3, -0.25) is 9.69 Å². The van der Waals surface area contributed by atoms with Gasteiger partial charge in [0.1, 0.15) is 0 Å². The Hall–Kier alpha value is -1.43. The van der Waals surface area contributed by atoms with Crippen LogP contribution in [-0.4, -0.2) is 49.2 Å². The number of amides is 1. The first-order valence-electron chi connectivity index (χ1n) is 7.41. The van der Waals surface area contributed by atoms with Crippen LogP contribution in [-0.2, 0) is 11.3 Å². The van der Waals surface area contributed by atoms with Crippen molar-refractivity contribution in [2.24, 2.45) is 5.73 Å². The van der Waals surface area contributed by atoms with Crippen molar-refractivity contribution in [3.63, 3.8) is 0 Å². The van der Waals surface area contributed by atoms with Gasteiger partial charge < -0.3 is 15.8 Å². The lowest BCUT2D eigenvalue weighted by Gasteiger charge is -2.41. The first-order valence-corrected chi connectivity index (χ1v) is 7.41. The summed E-state index contributed by atoms with van der Waals surface area (Å²) in [6.45, 7) is 9.81. The predicted octanol–water partition coefficient (Wildman–Crippen LogP) is 0.986. The second-order valence-electron chi connectivity index (χ2n) is 6.08. The number of benzene rings is 1. The van der Waals surface area contributed by atoms with Crippen LogP contribution in [0.25, 0.3) is 0 Å². The van der Waals surface area contributed by atoms with Crippen LogP contribution in [0.3, 0.4) is 0 Å². The van der Waals surface area contributed by atoms with Gasteiger partial charge in [-0.25, -0.2) is 0 Å². The summed E-state index contributed by atoms with van der Waals surface area (Å²) in [4.78, 5) is 13.5. The van der Waals surface area contributed by atoms with Gasteiger partial charge in [0, 0.05) is 37.3 Å². The Balaban J connectivity index is 1.81. The molecule has 0 unspecified atom stereocenters. The smallest absolute Gasteiger partial charge is 0.248 e. The monoisotopic (exact) mass is 291 g/mol. The van der Waals surface area contributed by atoms with Crippen molar-refractivity contribution in [1.29, 1.82) is 0 Å². The van der Waals surface area contributed by atoms with E-state index in [1.165, 1.54) is 0 Å². The highest BCUT2D eigenvalue weighted by Gasteiger charge is 2.27. The molecule has 0 aromatic heterocycles. The molecule has 1 aliphatic heterocycles. The maximum atomic E-state index is 11.0. The van der Waals surface area contributed by atoms with Crippen LogP contribution in [0.15, 0.2) is 24.3 Å². The molecule has 0 bridgehead atoms. The third-order valence-corrected chi connectivity index (χ3v) is 3.99. The molecule has 1 heterocycles. The van der Waals surface area contributed by atoms with Crippen molar-refractivity contribution in [3.05, 3.63) is 35.4 Å². The number of nitrogens with two attached hydrogens (primary N) is 1. The second-order valence-corrected chi connectivity index (χ2v) is 6.08. The molecule has 1 fully saturated rings. The Bertz CT molecular complexity index is 465. The third kappa shape index (κ3) is 4.52. The fourth-order valence-electron chi connectivity index (χ4n) is 2.58. The molecule has 5 nitrogen and oxygen atoms in total. The highest BCUT2D eigenvalue weighted by molar-refractivity contribution is 5.92. The summed E-state index contributed by atoms with van der Waals surface area (Å²) in [5, 5.41) is 3.49. The molecule has 1 saturated heterocycles. The molecule has 2 rings (SSSR count). The fourth-order valence-corrected chi connectivity index (χ4v) is 2.58. The van der Waals surface area contributed by atoms with E-state index >= 15 is 0 Å². The van der Waals surface area contributed by atoms with E-state index in [0.717, 1.165) is 45.0 Å². The van der Waals surface area contributed by atoms with Crippen LogP contribution in [0.2, 0.25) is 0 Å². The van der Waals surface area contributed by atoms with E-state index in [1.807, 2.05) is 12.1 Å². The number of nitrogens with one attached hydrogen (secondary N) is 1. The van der Waals surface area contributed by atoms with Gasteiger partial charge in [0.2, 0.25) is 5.91 Å². The highest BCUT2D eigenvalue weighted by Crippen LogP contribution is 2.15. The number of hydrogen-bond acceptors (Lipinski definition) is 4. The molecule has 1 aliphatic rings. The maximum Gasteiger partial charge on any atom is 0.248 e. The first kappa shape index (κ1) is 15.9. The number of morpholine rings is 1. The molecule has 1 amide bonds. The average molecular weight is 291 g/mol. The summed E-state index contributed by atoms with van der Waals surface area (Å²) in [7, 11) is 0. The molecule has 0 aliphatic carbocycles. The zero-order chi connectivity index (χ0) is 15.3. The van der Waals surface area contributed by atoms with E-state index in [9.17, 15) is 4.79 Å². The summed E-state index contributed by atoms with van der Waals surface area (Å²) in [6, 6.07) is 7.42. The van der Waals surface area contributed by atoms with Crippen LogP contribution in [0.4, 0.5) is 0 Å². The minimum atomic E-state index is -0.386. The topological polar surface area (TPSA) is 67.6 Å². The second kappa shape index (κ2) is 7.02. The van der Waals surface area contributed by atoms with Gasteiger partial charge in [0.05, 0.1) is 13.2 Å². The molecule has 21 heavy (non-hydrogen) atoms. The van der Waals surface area contributed by atoms with Gasteiger partial charge in [0.15, 0.2) is 0 Å². The molecule has 0 radical (unpaired) electrons. The molecule has 116 valence electrons. The Kier molecular flexibility index (Phi) is 5.33. The Morgan fingerprint density at radius 2 is 1.90 bits per heavy atom. The molecule has 0 atom stereocenters. The van der Waals surface area contributed by atoms with E-state index < -0.39 is 0 Å². The molecule has 0 spiro atoms. The summed E-state index contributed by atoms with van der Waals surface area (Å²) >= 11 is 0. The molecule has 1 aromatic carbocycles. The van der Waals surface area contributed by atoms with Crippen molar-refractivity contribution in [1.82, 2.24) is 10.2 Å². The average Bonchev–Trinajstić information content (AvgIpc) is 2.48. The summed E-state index contributed by atoms with van der Waals surface area (Å²) in [5.74, 6) is -0.386. The molecule has 5 heteroatoms. The molecule has 1 aromatic rings. The van der Waals surface area contributed by atoms with Crippen LogP contribution < -0.4 is 11.1 Å². The van der Waals surface area contributed by atoms with Gasteiger partial charge in [-0.15, -0.1) is 0 Å². The number of carbonyl (C=O) groups excluding carboxylic acids is 1. The van der Waals surface area contributed by atoms with Crippen molar-refractivity contribution < 1.29 is 9.53 Å². The highest BCUT2D eigenvalue weighted by atomic mass is 16.5. The summed E-state index contributed by atoms with van der Waals surface area (Å²) < 4.78 is 5.40. The van der Waals surface area contributed by atoms with Crippen LogP contribution >= 0.6 is 0 Å². The first-order chi connectivity index (χ1) is 9.99. The van der Waals surface area contributed by atoms with E-state index in [1.54, 1.807) is 12.1 Å². The van der Waals surface area contributed by atoms with Crippen LogP contribution in [0, 0.1) is 0 Å². The molecule has 0 saturated carbocycles. The van der Waals surface area contributed by atoms with Gasteiger partial charge in [0.25, 0.3) is 0 Å². The van der Waals surface area contributed by atoms with Crippen LogP contribution in [0.5, 0.6) is 0 Å². The number of primary amides is 1. The minimum absolute atomic E-state index is 0.108. The minimum Gasteiger partial charge on any atom is -0.379 e. The summed E-state index contributed by atoms with van der Waals surface area (Å²) in [5.41, 5.74) is 7.04. The van der Waals surface area contributed by atoms with E-state index in [0.29, 0.717) is 5.56 Å². The Morgan fingerprint density at radius 1 is 1.29 bits per heavy atom. The SMILES string of the molecule is CC(C)(CNCc1ccc(C(N)=O)cc1)N1CCOCC1. The van der Waals surface area contributed by atoms with Gasteiger partial charge >= 0.3 is 0 Å². The zero-order valence-electron chi connectivity index (χ0n) is 12.9. The zero-order valence-corrected chi connectivity index (χ0v) is 12.9. The van der Waals surface area contributed by atoms with Crippen molar-refractivity contribution in [2.45, 2.75) is 25.9 Å². The lowest BCUT2D eigenvalue weighted by molar-refractivity contribution is -0.00966. The number of hydrogen-bond donors (Lipinski definition) is 2. The third-order valence-electron chi connectivity index (χ3n) is 3.99. The van der Waals surface area contributed by atoms with E-state index in [-0.39, 0.29) is 11.4 Å². The normalized spacial score (nSPS) is 16.9. The lowest BCUT2D eigenvalue weighted by atomic mass is 10.0. The van der Waals surface area contributed by atoms with E-state index in [2.05, 4.69) is 24.1 Å². The number of ether oxygens (including phenoxy) is 1. The van der Waals surface area contributed by atoms with Gasteiger partial charge in [-0.2, -0.15) is 0 Å². The van der Waals surface area contributed by atoms with Gasteiger partial charge in [-0.05, 0) is 31.5 Å². The quantitative estimate of drug-likeness (QED) is 0.820. The fraction of sp³-hybridized carbons (Fsp3) is 0.562. The largest absolute Gasteiger partial charge is 0.379 e. The summed E-state index contributed by atoms with van der Waals surface area (Å²) in [6.07, 6.45) is 0. The number of carbonyl (C=O) groups is 1. The lowest BCUT2D eigenvalue weighted by Crippen LogP contribution is -2.54. The number of rotatable bonds is 6. The Morgan fingerprint density at radius 3 is 2.48 bits per heavy atom.